The van der Waals surface area contributed by atoms with Crippen LogP contribution in [0, 0.1) is 0 Å². The number of carboxylic acid groups (broad SMARTS) is 1. The van der Waals surface area contributed by atoms with Crippen molar-refractivity contribution in [1.82, 2.24) is 0 Å². The van der Waals surface area contributed by atoms with E-state index in [1.165, 1.54) is 32.1 Å². The van der Waals surface area contributed by atoms with E-state index >= 15 is 0 Å². The van der Waals surface area contributed by atoms with Gasteiger partial charge in [-0.05, 0) is 6.42 Å². The Labute approximate surface area is 137 Å². The van der Waals surface area contributed by atoms with Crippen molar-refractivity contribution >= 4 is 5.97 Å². The van der Waals surface area contributed by atoms with E-state index in [1.807, 2.05) is 0 Å². The third-order valence-corrected chi connectivity index (χ3v) is 4.08. The van der Waals surface area contributed by atoms with Crippen molar-refractivity contribution in [3.63, 3.8) is 0 Å². The van der Waals surface area contributed by atoms with Gasteiger partial charge in [-0.1, -0.05) is 51.9 Å². The highest BCUT2D eigenvalue weighted by atomic mass is 16.7. The van der Waals surface area contributed by atoms with Crippen LogP contribution in [-0.4, -0.2) is 58.6 Å². The number of hydrogen-bond donors (Lipinski definition) is 3. The zero-order valence-electron chi connectivity index (χ0n) is 13.7. The molecule has 1 fully saturated rings. The molecule has 0 spiro atoms. The smallest absolute Gasteiger partial charge is 0.186 e. The van der Waals surface area contributed by atoms with E-state index in [0.717, 1.165) is 19.3 Å². The average Bonchev–Trinajstić information content (AvgIpc) is 2.52. The summed E-state index contributed by atoms with van der Waals surface area (Å²) in [6.45, 7) is 2.47. The molecular weight excluding hydrogens is 304 g/mol. The van der Waals surface area contributed by atoms with Crippen LogP contribution in [0.3, 0.4) is 0 Å². The van der Waals surface area contributed by atoms with Crippen LogP contribution in [0.5, 0.6) is 0 Å². The lowest BCUT2D eigenvalue weighted by Crippen LogP contribution is -2.62. The van der Waals surface area contributed by atoms with Gasteiger partial charge in [0.25, 0.3) is 0 Å². The van der Waals surface area contributed by atoms with Gasteiger partial charge >= 0.3 is 0 Å². The lowest BCUT2D eigenvalue weighted by molar-refractivity contribution is -0.349. The summed E-state index contributed by atoms with van der Waals surface area (Å²) in [6, 6.07) is 0. The molecule has 0 aromatic heterocycles. The first-order valence-electron chi connectivity index (χ1n) is 8.51. The predicted molar refractivity (Wildman–Crippen MR) is 80.3 cm³/mol. The van der Waals surface area contributed by atoms with Crippen LogP contribution in [0.2, 0.25) is 0 Å². The number of rotatable bonds is 11. The second-order valence-corrected chi connectivity index (χ2v) is 6.06. The van der Waals surface area contributed by atoms with Crippen LogP contribution in [0.25, 0.3) is 0 Å². The zero-order valence-corrected chi connectivity index (χ0v) is 13.7. The molecule has 0 bridgehead atoms. The van der Waals surface area contributed by atoms with Crippen molar-refractivity contribution < 1.29 is 34.7 Å². The van der Waals surface area contributed by atoms with Crippen molar-refractivity contribution in [3.05, 3.63) is 0 Å². The normalized spacial score (nSPS) is 31.2. The molecule has 0 radical (unpaired) electrons. The van der Waals surface area contributed by atoms with Crippen LogP contribution < -0.4 is 5.11 Å². The Morgan fingerprint density at radius 3 is 2.09 bits per heavy atom. The van der Waals surface area contributed by atoms with Gasteiger partial charge < -0.3 is 34.7 Å². The molecule has 3 N–H and O–H groups in total. The van der Waals surface area contributed by atoms with E-state index in [0.29, 0.717) is 6.61 Å². The number of aliphatic hydroxyl groups excluding tert-OH is 3. The van der Waals surface area contributed by atoms with E-state index in [4.69, 9.17) is 9.47 Å². The summed E-state index contributed by atoms with van der Waals surface area (Å²) in [4.78, 5) is 10.8. The van der Waals surface area contributed by atoms with Crippen molar-refractivity contribution in [2.45, 2.75) is 89.0 Å². The molecule has 0 amide bonds. The van der Waals surface area contributed by atoms with Gasteiger partial charge in [-0.2, -0.15) is 0 Å². The standard InChI is InChI=1S/C16H30O7/c1-2-3-4-5-6-7-8-9-10-22-16-13(19)11(17)12(18)14(23-16)15(20)21/h11-14,16-19H,2-10H2,1H3,(H,20,21)/p-1. The van der Waals surface area contributed by atoms with Crippen LogP contribution in [-0.2, 0) is 14.3 Å². The molecule has 7 heteroatoms. The zero-order chi connectivity index (χ0) is 17.2. The number of ether oxygens (including phenoxy) is 2. The van der Waals surface area contributed by atoms with Crippen LogP contribution in [0.4, 0.5) is 0 Å². The monoisotopic (exact) mass is 333 g/mol. The summed E-state index contributed by atoms with van der Waals surface area (Å²) in [6.07, 6.45) is 1.15. The summed E-state index contributed by atoms with van der Waals surface area (Å²) < 4.78 is 10.3. The Kier molecular flexibility index (Phi) is 9.66. The van der Waals surface area contributed by atoms with E-state index in [2.05, 4.69) is 6.92 Å². The van der Waals surface area contributed by atoms with E-state index in [-0.39, 0.29) is 0 Å². The Morgan fingerprint density at radius 1 is 0.957 bits per heavy atom. The topological polar surface area (TPSA) is 119 Å². The number of carboxylic acids is 1. The largest absolute Gasteiger partial charge is 0.547 e. The van der Waals surface area contributed by atoms with E-state index < -0.39 is 36.7 Å². The number of carbonyl (C=O) groups is 1. The maximum atomic E-state index is 10.8. The summed E-state index contributed by atoms with van der Waals surface area (Å²) in [5.41, 5.74) is 0. The van der Waals surface area contributed by atoms with Crippen LogP contribution in [0.1, 0.15) is 58.3 Å². The first-order chi connectivity index (χ1) is 11.0. The van der Waals surface area contributed by atoms with Gasteiger partial charge in [0.1, 0.15) is 24.4 Å². The van der Waals surface area contributed by atoms with Gasteiger partial charge in [0, 0.05) is 6.61 Å². The van der Waals surface area contributed by atoms with Gasteiger partial charge in [0.2, 0.25) is 0 Å². The molecule has 5 atom stereocenters. The third-order valence-electron chi connectivity index (χ3n) is 4.08. The third kappa shape index (κ3) is 6.73. The van der Waals surface area contributed by atoms with Gasteiger partial charge in [-0.15, -0.1) is 0 Å². The average molecular weight is 333 g/mol. The van der Waals surface area contributed by atoms with Crippen LogP contribution in [0.15, 0.2) is 0 Å². The molecule has 1 aliphatic heterocycles. The Balaban J connectivity index is 2.19. The second-order valence-electron chi connectivity index (χ2n) is 6.06. The number of unbranched alkanes of at least 4 members (excludes halogenated alkanes) is 7. The molecule has 0 aromatic carbocycles. The van der Waals surface area contributed by atoms with Gasteiger partial charge in [0.05, 0.1) is 5.97 Å². The van der Waals surface area contributed by atoms with Crippen molar-refractivity contribution in [1.29, 1.82) is 0 Å². The summed E-state index contributed by atoms with van der Waals surface area (Å²) in [5, 5.41) is 39.7. The fourth-order valence-electron chi connectivity index (χ4n) is 2.62. The Hall–Kier alpha value is -0.730. The molecule has 1 saturated heterocycles. The van der Waals surface area contributed by atoms with Gasteiger partial charge in [0.15, 0.2) is 6.29 Å². The number of aliphatic carboxylic acids is 1. The number of carbonyl (C=O) groups excluding carboxylic acids is 1. The van der Waals surface area contributed by atoms with Crippen molar-refractivity contribution in [3.8, 4) is 0 Å². The van der Waals surface area contributed by atoms with Crippen molar-refractivity contribution in [2.24, 2.45) is 0 Å². The first-order valence-corrected chi connectivity index (χ1v) is 8.51. The predicted octanol–water partition coefficient (Wildman–Crippen LogP) is -0.299. The highest BCUT2D eigenvalue weighted by Gasteiger charge is 2.44. The fourth-order valence-corrected chi connectivity index (χ4v) is 2.62. The molecule has 0 aliphatic carbocycles. The SMILES string of the molecule is CCCCCCCCCCOC1OC(C(=O)[O-])C(O)C(O)C1O. The van der Waals surface area contributed by atoms with E-state index in [9.17, 15) is 25.2 Å². The highest BCUT2D eigenvalue weighted by Crippen LogP contribution is 2.22. The quantitative estimate of drug-likeness (QED) is 0.444. The highest BCUT2D eigenvalue weighted by molar-refractivity contribution is 5.71. The molecule has 7 nitrogen and oxygen atoms in total. The van der Waals surface area contributed by atoms with Gasteiger partial charge in [-0.25, -0.2) is 0 Å². The van der Waals surface area contributed by atoms with Crippen LogP contribution >= 0.6 is 0 Å². The second kappa shape index (κ2) is 10.9. The minimum absolute atomic E-state index is 0.291. The molecule has 1 rings (SSSR count). The molecule has 0 aromatic rings. The number of hydrogen-bond acceptors (Lipinski definition) is 7. The maximum Gasteiger partial charge on any atom is 0.186 e. The molecular formula is C16H29O7-. The molecule has 1 aliphatic rings. The van der Waals surface area contributed by atoms with Gasteiger partial charge in [-0.3, -0.25) is 0 Å². The fraction of sp³-hybridized carbons (Fsp3) is 0.938. The number of aliphatic hydroxyl groups is 3. The Morgan fingerprint density at radius 2 is 1.52 bits per heavy atom. The molecule has 1 heterocycles. The van der Waals surface area contributed by atoms with Crippen molar-refractivity contribution in [2.75, 3.05) is 6.61 Å². The van der Waals surface area contributed by atoms with E-state index in [1.54, 1.807) is 0 Å². The summed E-state index contributed by atoms with van der Waals surface area (Å²) in [7, 11) is 0. The summed E-state index contributed by atoms with van der Waals surface area (Å²) >= 11 is 0. The lowest BCUT2D eigenvalue weighted by atomic mass is 9.99. The minimum Gasteiger partial charge on any atom is -0.547 e. The maximum absolute atomic E-state index is 10.8. The summed E-state index contributed by atoms with van der Waals surface area (Å²) in [5.74, 6) is -1.65. The first kappa shape index (κ1) is 20.3. The molecule has 5 unspecified atom stereocenters. The minimum atomic E-state index is -1.74. The molecule has 0 saturated carbocycles. The molecule has 136 valence electrons. The Bertz CT molecular complexity index is 336. The molecule has 23 heavy (non-hydrogen) atoms. The lowest BCUT2D eigenvalue weighted by Gasteiger charge is -2.40.